The van der Waals surface area contributed by atoms with E-state index in [0.29, 0.717) is 40.9 Å². The largest absolute Gasteiger partial charge is 0.379 e. The molecule has 180 valence electrons. The third-order valence-corrected chi connectivity index (χ3v) is 7.45. The van der Waals surface area contributed by atoms with Crippen molar-refractivity contribution in [1.82, 2.24) is 25.0 Å². The number of carbonyl (C=O) groups is 1. The normalized spacial score (nSPS) is 15.3. The predicted molar refractivity (Wildman–Crippen MR) is 133 cm³/mol. The van der Waals surface area contributed by atoms with Crippen molar-refractivity contribution in [1.29, 1.82) is 0 Å². The summed E-state index contributed by atoms with van der Waals surface area (Å²) in [6.07, 6.45) is 0. The maximum Gasteiger partial charge on any atom is 0.277 e. The maximum absolute atomic E-state index is 13.4. The third-order valence-electron chi connectivity index (χ3n) is 6.27. The first-order valence-electron chi connectivity index (χ1n) is 11.4. The molecule has 0 radical (unpaired) electrons. The van der Waals surface area contributed by atoms with Gasteiger partial charge in [0.05, 0.1) is 36.2 Å². The van der Waals surface area contributed by atoms with Gasteiger partial charge in [0, 0.05) is 26.7 Å². The predicted octanol–water partition coefficient (Wildman–Crippen LogP) is 2.94. The second-order valence-electron chi connectivity index (χ2n) is 8.80. The second kappa shape index (κ2) is 10.2. The lowest BCUT2D eigenvalue weighted by molar-refractivity contribution is 0.0332. The highest BCUT2D eigenvalue weighted by atomic mass is 32.1. The molecule has 0 aliphatic carbocycles. The van der Waals surface area contributed by atoms with E-state index in [-0.39, 0.29) is 17.5 Å². The van der Waals surface area contributed by atoms with Gasteiger partial charge in [-0.25, -0.2) is 9.67 Å². The first-order chi connectivity index (χ1) is 16.2. The summed E-state index contributed by atoms with van der Waals surface area (Å²) in [7, 11) is 1.63. The smallest absolute Gasteiger partial charge is 0.277 e. The summed E-state index contributed by atoms with van der Waals surface area (Å²) in [6, 6.07) is 8.09. The topological polar surface area (TPSA) is 89.4 Å². The Bertz CT molecular complexity index is 1240. The molecule has 2 aromatic heterocycles. The summed E-state index contributed by atoms with van der Waals surface area (Å²) in [5, 5.41) is 8.02. The van der Waals surface area contributed by atoms with Gasteiger partial charge in [-0.1, -0.05) is 29.8 Å². The van der Waals surface area contributed by atoms with Gasteiger partial charge in [-0.3, -0.25) is 14.5 Å². The molecule has 1 amide bonds. The van der Waals surface area contributed by atoms with Crippen LogP contribution in [0.4, 0.5) is 0 Å². The lowest BCUT2D eigenvalue weighted by atomic mass is 10.0. The summed E-state index contributed by atoms with van der Waals surface area (Å²) < 4.78 is 6.81. The number of ether oxygens (including phenoxy) is 1. The van der Waals surface area contributed by atoms with Gasteiger partial charge < -0.3 is 10.1 Å². The molecule has 0 bridgehead atoms. The van der Waals surface area contributed by atoms with Crippen LogP contribution in [-0.4, -0.2) is 58.4 Å². The summed E-state index contributed by atoms with van der Waals surface area (Å²) >= 11 is 1.25. The number of nitrogens with zero attached hydrogens (tertiary/aromatic N) is 4. The number of hydrogen-bond donors (Lipinski definition) is 1. The number of benzene rings is 1. The molecule has 1 atom stereocenters. The highest BCUT2D eigenvalue weighted by Gasteiger charge is 2.25. The number of aryl methyl sites for hydroxylation is 4. The molecule has 0 unspecified atom stereocenters. The molecule has 1 saturated heterocycles. The zero-order valence-corrected chi connectivity index (χ0v) is 21.2. The Morgan fingerprint density at radius 1 is 1.12 bits per heavy atom. The minimum absolute atomic E-state index is 0.172. The first kappa shape index (κ1) is 24.3. The fourth-order valence-electron chi connectivity index (χ4n) is 4.11. The lowest BCUT2D eigenvalue weighted by Crippen LogP contribution is -2.43. The van der Waals surface area contributed by atoms with E-state index in [1.807, 2.05) is 20.8 Å². The van der Waals surface area contributed by atoms with Gasteiger partial charge in [0.2, 0.25) is 0 Å². The average Bonchev–Trinajstić information content (AvgIpc) is 3.20. The van der Waals surface area contributed by atoms with E-state index < -0.39 is 0 Å². The molecule has 0 spiro atoms. The number of carbonyl (C=O) groups excluding carboxylic acids is 1. The van der Waals surface area contributed by atoms with Gasteiger partial charge in [0.15, 0.2) is 0 Å². The van der Waals surface area contributed by atoms with Gasteiger partial charge >= 0.3 is 0 Å². The maximum atomic E-state index is 13.4. The van der Waals surface area contributed by atoms with Gasteiger partial charge in [-0.2, -0.15) is 5.10 Å². The van der Waals surface area contributed by atoms with Crippen LogP contribution in [0.2, 0.25) is 0 Å². The van der Waals surface area contributed by atoms with E-state index in [0.717, 1.165) is 29.9 Å². The second-order valence-corrected chi connectivity index (χ2v) is 9.80. The van der Waals surface area contributed by atoms with E-state index in [4.69, 9.17) is 4.74 Å². The SMILES string of the molecule is Cc1ccc([C@@H](CN2CCOCC2)NC(=O)c2sc(-c3c(C)c(C)nn(C)c3=O)nc2C)cc1. The van der Waals surface area contributed by atoms with Crippen molar-refractivity contribution in [2.75, 3.05) is 32.8 Å². The van der Waals surface area contributed by atoms with Crippen LogP contribution in [0.15, 0.2) is 29.1 Å². The molecule has 1 aliphatic heterocycles. The number of nitrogens with one attached hydrogen (secondary N) is 1. The van der Waals surface area contributed by atoms with Crippen LogP contribution in [0.1, 0.15) is 43.8 Å². The number of rotatable bonds is 6. The van der Waals surface area contributed by atoms with Crippen LogP contribution < -0.4 is 10.9 Å². The lowest BCUT2D eigenvalue weighted by Gasteiger charge is -2.31. The van der Waals surface area contributed by atoms with Crippen LogP contribution in [0.3, 0.4) is 0 Å². The van der Waals surface area contributed by atoms with Crippen molar-refractivity contribution in [3.63, 3.8) is 0 Å². The van der Waals surface area contributed by atoms with Crippen LogP contribution in [0, 0.1) is 27.7 Å². The molecule has 3 heterocycles. The molecule has 1 aromatic carbocycles. The number of hydrogen-bond acceptors (Lipinski definition) is 7. The Morgan fingerprint density at radius 2 is 1.79 bits per heavy atom. The molecule has 4 rings (SSSR count). The van der Waals surface area contributed by atoms with Gasteiger partial charge in [-0.05, 0) is 38.8 Å². The van der Waals surface area contributed by atoms with Crippen LogP contribution in [0.25, 0.3) is 10.6 Å². The number of amides is 1. The number of morpholine rings is 1. The van der Waals surface area contributed by atoms with Gasteiger partial charge in [0.1, 0.15) is 9.88 Å². The Labute approximate surface area is 203 Å². The minimum atomic E-state index is -0.214. The summed E-state index contributed by atoms with van der Waals surface area (Å²) in [5.41, 5.74) is 4.69. The summed E-state index contributed by atoms with van der Waals surface area (Å²) in [5.74, 6) is -0.180. The fourth-order valence-corrected chi connectivity index (χ4v) is 5.18. The van der Waals surface area contributed by atoms with Crippen molar-refractivity contribution >= 4 is 17.2 Å². The van der Waals surface area contributed by atoms with E-state index >= 15 is 0 Å². The molecule has 1 fully saturated rings. The number of aromatic nitrogens is 3. The molecular formula is C25H31N5O3S. The standard InChI is InChI=1S/C25H31N5O3S/c1-15-6-8-19(9-7-15)20(14-30-10-12-33-13-11-30)27-23(31)22-18(4)26-24(34-22)21-16(2)17(3)28-29(5)25(21)32/h6-9,20H,10-14H2,1-5H3,(H,27,31)/t20-/m1/s1. The molecule has 3 aromatic rings. The first-order valence-corrected chi connectivity index (χ1v) is 12.3. The summed E-state index contributed by atoms with van der Waals surface area (Å²) in [6.45, 7) is 11.4. The Kier molecular flexibility index (Phi) is 7.25. The Hall–Kier alpha value is -2.88. The molecule has 9 heteroatoms. The van der Waals surface area contributed by atoms with Gasteiger partial charge in [-0.15, -0.1) is 11.3 Å². The third kappa shape index (κ3) is 5.11. The highest BCUT2D eigenvalue weighted by molar-refractivity contribution is 7.17. The molecule has 8 nitrogen and oxygen atoms in total. The number of thiazole rings is 1. The zero-order chi connectivity index (χ0) is 24.4. The average molecular weight is 482 g/mol. The quantitative estimate of drug-likeness (QED) is 0.582. The van der Waals surface area contributed by atoms with Crippen molar-refractivity contribution in [3.8, 4) is 10.6 Å². The van der Waals surface area contributed by atoms with E-state index in [1.54, 1.807) is 7.05 Å². The highest BCUT2D eigenvalue weighted by Crippen LogP contribution is 2.29. The van der Waals surface area contributed by atoms with E-state index in [2.05, 4.69) is 51.5 Å². The molecular weight excluding hydrogens is 450 g/mol. The van der Waals surface area contributed by atoms with Crippen LogP contribution in [-0.2, 0) is 11.8 Å². The molecule has 1 N–H and O–H groups in total. The minimum Gasteiger partial charge on any atom is -0.379 e. The molecule has 1 aliphatic rings. The van der Waals surface area contributed by atoms with Crippen molar-refractivity contribution in [2.24, 2.45) is 7.05 Å². The van der Waals surface area contributed by atoms with Crippen molar-refractivity contribution < 1.29 is 9.53 Å². The molecule has 0 saturated carbocycles. The van der Waals surface area contributed by atoms with Crippen LogP contribution >= 0.6 is 11.3 Å². The zero-order valence-electron chi connectivity index (χ0n) is 20.3. The molecule has 34 heavy (non-hydrogen) atoms. The monoisotopic (exact) mass is 481 g/mol. The van der Waals surface area contributed by atoms with Crippen molar-refractivity contribution in [2.45, 2.75) is 33.7 Å². The van der Waals surface area contributed by atoms with Crippen molar-refractivity contribution in [3.05, 3.63) is 67.6 Å². The van der Waals surface area contributed by atoms with E-state index in [1.165, 1.54) is 21.6 Å². The Morgan fingerprint density at radius 3 is 2.47 bits per heavy atom. The van der Waals surface area contributed by atoms with E-state index in [9.17, 15) is 9.59 Å². The Balaban J connectivity index is 1.63. The summed E-state index contributed by atoms with van der Waals surface area (Å²) in [4.78, 5) is 33.7. The van der Waals surface area contributed by atoms with Crippen LogP contribution in [0.5, 0.6) is 0 Å². The van der Waals surface area contributed by atoms with Gasteiger partial charge in [0.25, 0.3) is 11.5 Å². The fraction of sp³-hybridized carbons (Fsp3) is 0.440.